The molecule has 3 heteroatoms. The predicted molar refractivity (Wildman–Crippen MR) is 88.8 cm³/mol. The first-order chi connectivity index (χ1) is 10.3. The van der Waals surface area contributed by atoms with Gasteiger partial charge < -0.3 is 15.0 Å². The molecule has 0 unspecified atom stereocenters. The van der Waals surface area contributed by atoms with Gasteiger partial charge in [-0.3, -0.25) is 0 Å². The minimum Gasteiger partial charge on any atom is -0.494 e. The summed E-state index contributed by atoms with van der Waals surface area (Å²) in [6.45, 7) is 11.0. The van der Waals surface area contributed by atoms with E-state index in [0.717, 1.165) is 37.8 Å². The average molecular weight is 290 g/mol. The number of nitrogens with one attached hydrogen (secondary N) is 1. The monoisotopic (exact) mass is 290 g/mol. The molecular weight excluding hydrogens is 260 g/mol. The van der Waals surface area contributed by atoms with Gasteiger partial charge in [0.05, 0.1) is 6.61 Å². The normalized spacial score (nSPS) is 17.0. The molecule has 0 radical (unpaired) electrons. The Morgan fingerprint density at radius 3 is 2.57 bits per heavy atom. The van der Waals surface area contributed by atoms with Gasteiger partial charge >= 0.3 is 0 Å². The SMILES string of the molecule is CCCOc1ccc(CNCCN2CCC(C)CC2)cc1. The molecular formula is C18H30N2O. The summed E-state index contributed by atoms with van der Waals surface area (Å²) in [5.41, 5.74) is 1.33. The van der Waals surface area contributed by atoms with Crippen LogP contribution in [0.5, 0.6) is 5.75 Å². The molecule has 0 atom stereocenters. The van der Waals surface area contributed by atoms with Gasteiger partial charge in [0.2, 0.25) is 0 Å². The summed E-state index contributed by atoms with van der Waals surface area (Å²) < 4.78 is 5.60. The number of hydrogen-bond acceptors (Lipinski definition) is 3. The Hall–Kier alpha value is -1.06. The van der Waals surface area contributed by atoms with E-state index in [-0.39, 0.29) is 0 Å². The van der Waals surface area contributed by atoms with Crippen LogP contribution in [0.4, 0.5) is 0 Å². The zero-order valence-corrected chi connectivity index (χ0v) is 13.6. The predicted octanol–water partition coefficient (Wildman–Crippen LogP) is 3.30. The third kappa shape index (κ3) is 6.06. The molecule has 118 valence electrons. The van der Waals surface area contributed by atoms with Crippen LogP contribution in [-0.4, -0.2) is 37.7 Å². The van der Waals surface area contributed by atoms with Crippen molar-refractivity contribution in [1.82, 2.24) is 10.2 Å². The van der Waals surface area contributed by atoms with Crippen molar-refractivity contribution in [3.05, 3.63) is 29.8 Å². The average Bonchev–Trinajstić information content (AvgIpc) is 2.52. The van der Waals surface area contributed by atoms with Crippen LogP contribution in [-0.2, 0) is 6.54 Å². The number of nitrogens with zero attached hydrogens (tertiary/aromatic N) is 1. The van der Waals surface area contributed by atoms with Crippen LogP contribution in [0.1, 0.15) is 38.7 Å². The van der Waals surface area contributed by atoms with E-state index in [2.05, 4.69) is 48.3 Å². The molecule has 0 bridgehead atoms. The molecule has 2 rings (SSSR count). The Morgan fingerprint density at radius 2 is 1.90 bits per heavy atom. The van der Waals surface area contributed by atoms with Crippen LogP contribution in [0.2, 0.25) is 0 Å². The fourth-order valence-electron chi connectivity index (χ4n) is 2.68. The maximum atomic E-state index is 5.60. The Balaban J connectivity index is 1.60. The summed E-state index contributed by atoms with van der Waals surface area (Å²) in [7, 11) is 0. The van der Waals surface area contributed by atoms with E-state index in [9.17, 15) is 0 Å². The molecule has 1 aromatic carbocycles. The van der Waals surface area contributed by atoms with E-state index in [0.29, 0.717) is 0 Å². The topological polar surface area (TPSA) is 24.5 Å². The maximum absolute atomic E-state index is 5.60. The van der Waals surface area contributed by atoms with Crippen LogP contribution < -0.4 is 10.1 Å². The number of ether oxygens (including phenoxy) is 1. The second kappa shape index (κ2) is 9.06. The fraction of sp³-hybridized carbons (Fsp3) is 0.667. The van der Waals surface area contributed by atoms with E-state index in [1.165, 1.54) is 38.0 Å². The molecule has 1 aliphatic heterocycles. The van der Waals surface area contributed by atoms with Crippen LogP contribution in [0.15, 0.2) is 24.3 Å². The van der Waals surface area contributed by atoms with Gasteiger partial charge in [0, 0.05) is 19.6 Å². The standard InChI is InChI=1S/C18H30N2O/c1-3-14-21-18-6-4-17(5-7-18)15-19-10-13-20-11-8-16(2)9-12-20/h4-7,16,19H,3,8-15H2,1-2H3. The van der Waals surface area contributed by atoms with Gasteiger partial charge in [0.25, 0.3) is 0 Å². The Morgan fingerprint density at radius 1 is 1.19 bits per heavy atom. The second-order valence-corrected chi connectivity index (χ2v) is 6.19. The van der Waals surface area contributed by atoms with E-state index in [1.54, 1.807) is 0 Å². The van der Waals surface area contributed by atoms with Crippen LogP contribution in [0.3, 0.4) is 0 Å². The molecule has 0 amide bonds. The second-order valence-electron chi connectivity index (χ2n) is 6.19. The lowest BCUT2D eigenvalue weighted by Crippen LogP contribution is -2.37. The summed E-state index contributed by atoms with van der Waals surface area (Å²) in [4.78, 5) is 2.58. The van der Waals surface area contributed by atoms with E-state index in [4.69, 9.17) is 4.74 Å². The lowest BCUT2D eigenvalue weighted by atomic mass is 9.99. The van der Waals surface area contributed by atoms with Gasteiger partial charge in [0.15, 0.2) is 0 Å². The number of hydrogen-bond donors (Lipinski definition) is 1. The number of likely N-dealkylation sites (tertiary alicyclic amines) is 1. The third-order valence-electron chi connectivity index (χ3n) is 4.21. The van der Waals surface area contributed by atoms with Gasteiger partial charge in [-0.1, -0.05) is 26.0 Å². The van der Waals surface area contributed by atoms with E-state index in [1.807, 2.05) is 0 Å². The first-order valence-electron chi connectivity index (χ1n) is 8.42. The smallest absolute Gasteiger partial charge is 0.119 e. The Labute approximate surface area is 129 Å². The van der Waals surface area contributed by atoms with Crippen LogP contribution >= 0.6 is 0 Å². The minimum absolute atomic E-state index is 0.798. The molecule has 1 aliphatic rings. The molecule has 0 aliphatic carbocycles. The lowest BCUT2D eigenvalue weighted by molar-refractivity contribution is 0.193. The number of rotatable bonds is 8. The zero-order valence-electron chi connectivity index (χ0n) is 13.6. The molecule has 1 N–H and O–H groups in total. The molecule has 0 saturated carbocycles. The quantitative estimate of drug-likeness (QED) is 0.744. The Bertz CT molecular complexity index is 383. The van der Waals surface area contributed by atoms with Crippen molar-refractivity contribution in [2.24, 2.45) is 5.92 Å². The molecule has 1 fully saturated rings. The van der Waals surface area contributed by atoms with Crippen molar-refractivity contribution < 1.29 is 4.74 Å². The highest BCUT2D eigenvalue weighted by atomic mass is 16.5. The lowest BCUT2D eigenvalue weighted by Gasteiger charge is -2.30. The summed E-state index contributed by atoms with van der Waals surface area (Å²) in [6, 6.07) is 8.44. The first kappa shape index (κ1) is 16.3. The highest BCUT2D eigenvalue weighted by Gasteiger charge is 2.14. The summed E-state index contributed by atoms with van der Waals surface area (Å²) >= 11 is 0. The highest BCUT2D eigenvalue weighted by Crippen LogP contribution is 2.15. The highest BCUT2D eigenvalue weighted by molar-refractivity contribution is 5.27. The Kier molecular flexibility index (Phi) is 7.04. The largest absolute Gasteiger partial charge is 0.494 e. The van der Waals surface area contributed by atoms with Crippen molar-refractivity contribution in [3.8, 4) is 5.75 Å². The van der Waals surface area contributed by atoms with Gasteiger partial charge in [-0.05, 0) is 56.0 Å². The number of piperidine rings is 1. The van der Waals surface area contributed by atoms with Crippen molar-refractivity contribution in [2.75, 3.05) is 32.8 Å². The first-order valence-corrected chi connectivity index (χ1v) is 8.42. The summed E-state index contributed by atoms with van der Waals surface area (Å²) in [6.07, 6.45) is 3.77. The van der Waals surface area contributed by atoms with Gasteiger partial charge in [-0.2, -0.15) is 0 Å². The fourth-order valence-corrected chi connectivity index (χ4v) is 2.68. The zero-order chi connectivity index (χ0) is 14.9. The van der Waals surface area contributed by atoms with Gasteiger partial charge in [0.1, 0.15) is 5.75 Å². The molecule has 3 nitrogen and oxygen atoms in total. The van der Waals surface area contributed by atoms with Gasteiger partial charge in [-0.25, -0.2) is 0 Å². The van der Waals surface area contributed by atoms with E-state index < -0.39 is 0 Å². The molecule has 1 aromatic rings. The number of benzene rings is 1. The molecule has 0 aromatic heterocycles. The van der Waals surface area contributed by atoms with Gasteiger partial charge in [-0.15, -0.1) is 0 Å². The van der Waals surface area contributed by atoms with Crippen molar-refractivity contribution >= 4 is 0 Å². The summed E-state index contributed by atoms with van der Waals surface area (Å²) in [5.74, 6) is 1.89. The van der Waals surface area contributed by atoms with Crippen LogP contribution in [0, 0.1) is 5.92 Å². The van der Waals surface area contributed by atoms with Crippen molar-refractivity contribution in [3.63, 3.8) is 0 Å². The maximum Gasteiger partial charge on any atom is 0.119 e. The van der Waals surface area contributed by atoms with Crippen molar-refractivity contribution in [2.45, 2.75) is 39.7 Å². The molecule has 1 heterocycles. The van der Waals surface area contributed by atoms with Crippen molar-refractivity contribution in [1.29, 1.82) is 0 Å². The minimum atomic E-state index is 0.798. The molecule has 0 spiro atoms. The summed E-state index contributed by atoms with van der Waals surface area (Å²) in [5, 5.41) is 3.54. The molecule has 21 heavy (non-hydrogen) atoms. The third-order valence-corrected chi connectivity index (χ3v) is 4.21. The van der Waals surface area contributed by atoms with E-state index >= 15 is 0 Å². The van der Waals surface area contributed by atoms with Crippen LogP contribution in [0.25, 0.3) is 0 Å². The molecule has 1 saturated heterocycles.